The smallest absolute Gasteiger partial charge is 0.247 e. The highest BCUT2D eigenvalue weighted by molar-refractivity contribution is 6.98. The molecule has 0 spiro atoms. The molecule has 53 heavy (non-hydrogen) atoms. The van der Waals surface area contributed by atoms with Crippen molar-refractivity contribution in [2.45, 2.75) is 52.4 Å². The molecule has 0 unspecified atom stereocenters. The van der Waals surface area contributed by atoms with Gasteiger partial charge in [0.05, 0.1) is 16.6 Å². The van der Waals surface area contributed by atoms with E-state index < -0.39 is 0 Å². The van der Waals surface area contributed by atoms with Crippen LogP contribution in [0.5, 0.6) is 0 Å². The standard InChI is InChI=1S/C50H43BN2/c1-49(2,3)33-25-26-44-37(27-33)39-28-34(50(4,5)6)29-40-38-30-47-43(31-46(38)53(44)48(39)40)51(41-22-14-13-21-36(41)32-17-9-7-10-18-32)42-23-15-16-24-45(42)52(47)35-19-11-8-12-20-35/h7-31H,1-6H3. The Morgan fingerprint density at radius 3 is 1.72 bits per heavy atom. The summed E-state index contributed by atoms with van der Waals surface area (Å²) in [4.78, 5) is 2.50. The van der Waals surface area contributed by atoms with Gasteiger partial charge in [-0.2, -0.15) is 0 Å². The maximum Gasteiger partial charge on any atom is 0.247 e. The summed E-state index contributed by atoms with van der Waals surface area (Å²) in [5.41, 5.74) is 16.8. The summed E-state index contributed by atoms with van der Waals surface area (Å²) >= 11 is 0. The van der Waals surface area contributed by atoms with Gasteiger partial charge in [0.1, 0.15) is 0 Å². The summed E-state index contributed by atoms with van der Waals surface area (Å²) in [6.07, 6.45) is 0. The number of aromatic nitrogens is 1. The van der Waals surface area contributed by atoms with E-state index in [2.05, 4.69) is 203 Å². The predicted octanol–water partition coefficient (Wildman–Crippen LogP) is 11.4. The molecule has 2 nitrogen and oxygen atoms in total. The second-order valence-corrected chi connectivity index (χ2v) is 17.0. The van der Waals surface area contributed by atoms with E-state index in [0.29, 0.717) is 0 Å². The molecule has 256 valence electrons. The Hall–Kier alpha value is -5.80. The van der Waals surface area contributed by atoms with Crippen molar-refractivity contribution in [3.8, 4) is 11.1 Å². The minimum absolute atomic E-state index is 0.00102. The topological polar surface area (TPSA) is 7.65 Å². The van der Waals surface area contributed by atoms with Gasteiger partial charge in [-0.15, -0.1) is 0 Å². The molecular formula is C50H43BN2. The van der Waals surface area contributed by atoms with E-state index in [1.54, 1.807) is 0 Å². The zero-order chi connectivity index (χ0) is 36.2. The maximum atomic E-state index is 2.57. The molecule has 0 atom stereocenters. The fraction of sp³-hybridized carbons (Fsp3) is 0.160. The van der Waals surface area contributed by atoms with E-state index in [-0.39, 0.29) is 17.5 Å². The van der Waals surface area contributed by atoms with Crippen LogP contribution in [0.2, 0.25) is 0 Å². The molecule has 0 radical (unpaired) electrons. The van der Waals surface area contributed by atoms with E-state index in [9.17, 15) is 0 Å². The van der Waals surface area contributed by atoms with Crippen molar-refractivity contribution in [3.63, 3.8) is 0 Å². The van der Waals surface area contributed by atoms with Crippen LogP contribution in [0.15, 0.2) is 152 Å². The molecule has 0 N–H and O–H groups in total. The van der Waals surface area contributed by atoms with E-state index in [0.717, 1.165) is 0 Å². The minimum Gasteiger partial charge on any atom is -0.311 e. The van der Waals surface area contributed by atoms with E-state index in [4.69, 9.17) is 0 Å². The van der Waals surface area contributed by atoms with Crippen molar-refractivity contribution >= 4 is 78.3 Å². The Morgan fingerprint density at radius 2 is 1.02 bits per heavy atom. The third-order valence-electron chi connectivity index (χ3n) is 11.7. The first kappa shape index (κ1) is 31.9. The Labute approximate surface area is 312 Å². The average molecular weight is 683 g/mol. The SMILES string of the molecule is CC(C)(C)c1ccc2c(c1)c1cc(C(C)(C)C)cc3c4cc5c(cc4n2c13)B(c1ccccc1-c1ccccc1)c1ccccc1N5c1ccccc1. The Bertz CT molecular complexity index is 2850. The van der Waals surface area contributed by atoms with Gasteiger partial charge in [-0.1, -0.05) is 144 Å². The molecule has 2 aromatic heterocycles. The third-order valence-corrected chi connectivity index (χ3v) is 11.7. The van der Waals surface area contributed by atoms with Crippen LogP contribution in [0.25, 0.3) is 49.2 Å². The monoisotopic (exact) mass is 682 g/mol. The second kappa shape index (κ2) is 11.4. The van der Waals surface area contributed by atoms with E-state index in [1.165, 1.54) is 93.8 Å². The lowest BCUT2D eigenvalue weighted by molar-refractivity contribution is 0.590. The molecule has 0 amide bonds. The van der Waals surface area contributed by atoms with Gasteiger partial charge in [-0.25, -0.2) is 0 Å². The molecule has 3 heterocycles. The van der Waals surface area contributed by atoms with Gasteiger partial charge in [0.2, 0.25) is 6.71 Å². The van der Waals surface area contributed by atoms with Crippen LogP contribution in [0.4, 0.5) is 17.1 Å². The van der Waals surface area contributed by atoms with Crippen LogP contribution in [0, 0.1) is 0 Å². The summed E-state index contributed by atoms with van der Waals surface area (Å²) in [7, 11) is 0. The predicted molar refractivity (Wildman–Crippen MR) is 230 cm³/mol. The summed E-state index contributed by atoms with van der Waals surface area (Å²) in [5, 5.41) is 5.31. The second-order valence-electron chi connectivity index (χ2n) is 17.0. The van der Waals surface area contributed by atoms with Crippen LogP contribution in [-0.2, 0) is 10.8 Å². The molecule has 9 aromatic rings. The molecule has 7 aromatic carbocycles. The number of para-hydroxylation sites is 2. The first-order valence-corrected chi connectivity index (χ1v) is 19.0. The Kier molecular flexibility index (Phi) is 6.83. The number of rotatable bonds is 3. The zero-order valence-electron chi connectivity index (χ0n) is 31.4. The molecule has 1 aliphatic rings. The molecule has 0 aliphatic carbocycles. The Balaban J connectivity index is 1.36. The third kappa shape index (κ3) is 4.80. The lowest BCUT2D eigenvalue weighted by Gasteiger charge is -2.37. The fourth-order valence-corrected chi connectivity index (χ4v) is 8.97. The number of hydrogen-bond acceptors (Lipinski definition) is 1. The van der Waals surface area contributed by atoms with Crippen LogP contribution < -0.4 is 21.3 Å². The van der Waals surface area contributed by atoms with Gasteiger partial charge < -0.3 is 9.30 Å². The zero-order valence-corrected chi connectivity index (χ0v) is 31.4. The van der Waals surface area contributed by atoms with Crippen LogP contribution in [0.1, 0.15) is 52.7 Å². The molecule has 0 fully saturated rings. The number of benzene rings is 7. The van der Waals surface area contributed by atoms with Crippen molar-refractivity contribution in [1.29, 1.82) is 0 Å². The summed E-state index contributed by atoms with van der Waals surface area (Å²) < 4.78 is 2.57. The van der Waals surface area contributed by atoms with Crippen LogP contribution in [0.3, 0.4) is 0 Å². The van der Waals surface area contributed by atoms with Crippen molar-refractivity contribution in [1.82, 2.24) is 4.40 Å². The van der Waals surface area contributed by atoms with E-state index in [1.807, 2.05) is 0 Å². The minimum atomic E-state index is -0.00102. The first-order chi connectivity index (χ1) is 25.6. The van der Waals surface area contributed by atoms with Gasteiger partial charge >= 0.3 is 0 Å². The van der Waals surface area contributed by atoms with Gasteiger partial charge in [0, 0.05) is 38.6 Å². The van der Waals surface area contributed by atoms with Gasteiger partial charge in [-0.05, 0) is 98.6 Å². The summed E-state index contributed by atoms with van der Waals surface area (Å²) in [5.74, 6) is 0. The molecule has 0 saturated heterocycles. The quantitative estimate of drug-likeness (QED) is 0.168. The van der Waals surface area contributed by atoms with Crippen LogP contribution in [-0.4, -0.2) is 11.1 Å². The average Bonchev–Trinajstić information content (AvgIpc) is 3.67. The van der Waals surface area contributed by atoms with Crippen molar-refractivity contribution < 1.29 is 0 Å². The van der Waals surface area contributed by atoms with Gasteiger partial charge in [0.25, 0.3) is 0 Å². The molecular weight excluding hydrogens is 639 g/mol. The van der Waals surface area contributed by atoms with Gasteiger partial charge in [-0.3, -0.25) is 0 Å². The Morgan fingerprint density at radius 1 is 0.434 bits per heavy atom. The highest BCUT2D eigenvalue weighted by Crippen LogP contribution is 2.45. The molecule has 0 bridgehead atoms. The lowest BCUT2D eigenvalue weighted by atomic mass is 9.34. The number of hydrogen-bond donors (Lipinski definition) is 0. The highest BCUT2D eigenvalue weighted by Gasteiger charge is 2.37. The molecule has 0 saturated carbocycles. The number of fused-ring (bicyclic) bond motifs is 8. The molecule has 10 rings (SSSR count). The van der Waals surface area contributed by atoms with Gasteiger partial charge in [0.15, 0.2) is 0 Å². The maximum absolute atomic E-state index is 2.57. The van der Waals surface area contributed by atoms with Crippen molar-refractivity contribution in [2.24, 2.45) is 0 Å². The lowest BCUT2D eigenvalue weighted by Crippen LogP contribution is -2.57. The van der Waals surface area contributed by atoms with Crippen molar-refractivity contribution in [3.05, 3.63) is 163 Å². The number of nitrogens with zero attached hydrogens (tertiary/aromatic N) is 2. The van der Waals surface area contributed by atoms with Crippen LogP contribution >= 0.6 is 0 Å². The number of anilines is 3. The van der Waals surface area contributed by atoms with Crippen molar-refractivity contribution in [2.75, 3.05) is 4.90 Å². The fourth-order valence-electron chi connectivity index (χ4n) is 8.97. The largest absolute Gasteiger partial charge is 0.311 e. The first-order valence-electron chi connectivity index (χ1n) is 19.0. The molecule has 3 heteroatoms. The molecule has 1 aliphatic heterocycles. The van der Waals surface area contributed by atoms with E-state index >= 15 is 0 Å². The summed E-state index contributed by atoms with van der Waals surface area (Å²) in [6.45, 7) is 14.0. The highest BCUT2D eigenvalue weighted by atomic mass is 15.1. The summed E-state index contributed by atoms with van der Waals surface area (Å²) in [6, 6.07) is 57.0. The normalized spacial score (nSPS) is 13.4.